The average molecular weight is 262 g/mol. The van der Waals surface area contributed by atoms with Gasteiger partial charge >= 0.3 is 0 Å². The zero-order valence-corrected chi connectivity index (χ0v) is 11.2. The first kappa shape index (κ1) is 11.8. The molecule has 2 N–H and O–H groups in total. The number of fused-ring (bicyclic) bond motifs is 1. The van der Waals surface area contributed by atoms with Crippen LogP contribution in [0.4, 0.5) is 0 Å². The van der Waals surface area contributed by atoms with Gasteiger partial charge in [0.2, 0.25) is 0 Å². The van der Waals surface area contributed by atoms with E-state index in [1.54, 1.807) is 0 Å². The summed E-state index contributed by atoms with van der Waals surface area (Å²) in [6.45, 7) is 3.49. The SMILES string of the molecule is Cc1ccc(-c2c(CN)nn3c2CCC3)cc1Cl. The average Bonchev–Trinajstić information content (AvgIpc) is 2.92. The molecule has 4 heteroatoms. The molecule has 94 valence electrons. The van der Waals surface area contributed by atoms with E-state index in [2.05, 4.69) is 21.9 Å². The summed E-state index contributed by atoms with van der Waals surface area (Å²) in [6, 6.07) is 6.18. The molecule has 1 aliphatic rings. The molecule has 0 bridgehead atoms. The second-order valence-corrected chi connectivity index (χ2v) is 5.17. The summed E-state index contributed by atoms with van der Waals surface area (Å²) < 4.78 is 2.09. The van der Waals surface area contributed by atoms with Gasteiger partial charge in [0.1, 0.15) is 0 Å². The van der Waals surface area contributed by atoms with Gasteiger partial charge in [-0.25, -0.2) is 0 Å². The van der Waals surface area contributed by atoms with Gasteiger partial charge in [-0.2, -0.15) is 5.10 Å². The molecule has 0 atom stereocenters. The molecular weight excluding hydrogens is 246 g/mol. The highest BCUT2D eigenvalue weighted by Crippen LogP contribution is 2.33. The lowest BCUT2D eigenvalue weighted by Gasteiger charge is -2.06. The van der Waals surface area contributed by atoms with Crippen molar-refractivity contribution in [2.24, 2.45) is 5.73 Å². The topological polar surface area (TPSA) is 43.8 Å². The number of hydrogen-bond donors (Lipinski definition) is 1. The van der Waals surface area contributed by atoms with Crippen molar-refractivity contribution in [1.29, 1.82) is 0 Å². The Morgan fingerprint density at radius 1 is 1.44 bits per heavy atom. The highest BCUT2D eigenvalue weighted by Gasteiger charge is 2.22. The molecule has 1 aliphatic heterocycles. The van der Waals surface area contributed by atoms with Crippen LogP contribution in [0, 0.1) is 6.92 Å². The predicted molar refractivity (Wildman–Crippen MR) is 73.6 cm³/mol. The van der Waals surface area contributed by atoms with E-state index in [0.29, 0.717) is 6.54 Å². The van der Waals surface area contributed by atoms with Crippen molar-refractivity contribution in [1.82, 2.24) is 9.78 Å². The van der Waals surface area contributed by atoms with Crippen LogP contribution in [0.1, 0.15) is 23.4 Å². The molecule has 0 fully saturated rings. The van der Waals surface area contributed by atoms with Gasteiger partial charge in [0, 0.05) is 29.4 Å². The number of halogens is 1. The van der Waals surface area contributed by atoms with Gasteiger partial charge < -0.3 is 5.73 Å². The van der Waals surface area contributed by atoms with Crippen molar-refractivity contribution < 1.29 is 0 Å². The van der Waals surface area contributed by atoms with Crippen molar-refractivity contribution >= 4 is 11.6 Å². The number of rotatable bonds is 2. The van der Waals surface area contributed by atoms with Gasteiger partial charge in [-0.05, 0) is 37.0 Å². The fourth-order valence-electron chi connectivity index (χ4n) is 2.61. The maximum atomic E-state index is 6.22. The Kier molecular flexibility index (Phi) is 2.88. The smallest absolute Gasteiger partial charge is 0.0841 e. The molecule has 0 radical (unpaired) electrons. The fraction of sp³-hybridized carbons (Fsp3) is 0.357. The maximum absolute atomic E-state index is 6.22. The third-order valence-corrected chi connectivity index (χ3v) is 3.97. The Balaban J connectivity index is 2.18. The minimum Gasteiger partial charge on any atom is -0.325 e. The molecule has 2 heterocycles. The zero-order valence-electron chi connectivity index (χ0n) is 10.4. The molecule has 0 unspecified atom stereocenters. The second-order valence-electron chi connectivity index (χ2n) is 4.76. The van der Waals surface area contributed by atoms with Crippen LogP contribution in [-0.2, 0) is 19.5 Å². The van der Waals surface area contributed by atoms with Crippen molar-refractivity contribution in [2.75, 3.05) is 0 Å². The van der Waals surface area contributed by atoms with Crippen LogP contribution in [0.3, 0.4) is 0 Å². The molecule has 1 aromatic carbocycles. The van der Waals surface area contributed by atoms with E-state index in [4.69, 9.17) is 17.3 Å². The molecule has 3 nitrogen and oxygen atoms in total. The monoisotopic (exact) mass is 261 g/mol. The van der Waals surface area contributed by atoms with Crippen LogP contribution in [0.2, 0.25) is 5.02 Å². The van der Waals surface area contributed by atoms with Gasteiger partial charge in [-0.1, -0.05) is 23.7 Å². The van der Waals surface area contributed by atoms with Gasteiger partial charge in [-0.15, -0.1) is 0 Å². The third-order valence-electron chi connectivity index (χ3n) is 3.57. The molecule has 0 saturated carbocycles. The number of benzene rings is 1. The van der Waals surface area contributed by atoms with Gasteiger partial charge in [0.05, 0.1) is 5.69 Å². The summed E-state index contributed by atoms with van der Waals surface area (Å²) in [5, 5.41) is 5.39. The Bertz CT molecular complexity index is 601. The van der Waals surface area contributed by atoms with E-state index >= 15 is 0 Å². The van der Waals surface area contributed by atoms with E-state index < -0.39 is 0 Å². The Labute approximate surface area is 112 Å². The van der Waals surface area contributed by atoms with Crippen molar-refractivity contribution in [2.45, 2.75) is 32.9 Å². The summed E-state index contributed by atoms with van der Waals surface area (Å²) in [5.41, 5.74) is 11.5. The lowest BCUT2D eigenvalue weighted by molar-refractivity contribution is 0.644. The maximum Gasteiger partial charge on any atom is 0.0841 e. The van der Waals surface area contributed by atoms with E-state index in [1.165, 1.54) is 17.7 Å². The quantitative estimate of drug-likeness (QED) is 0.903. The molecule has 3 rings (SSSR count). The summed E-state index contributed by atoms with van der Waals surface area (Å²) in [6.07, 6.45) is 2.24. The van der Waals surface area contributed by atoms with E-state index in [-0.39, 0.29) is 0 Å². The van der Waals surface area contributed by atoms with Crippen LogP contribution in [0.25, 0.3) is 11.1 Å². The van der Waals surface area contributed by atoms with E-state index in [1.807, 2.05) is 13.0 Å². The summed E-state index contributed by atoms with van der Waals surface area (Å²) in [4.78, 5) is 0. The highest BCUT2D eigenvalue weighted by molar-refractivity contribution is 6.31. The Hall–Kier alpha value is -1.32. The van der Waals surface area contributed by atoms with E-state index in [9.17, 15) is 0 Å². The fourth-order valence-corrected chi connectivity index (χ4v) is 2.79. The Morgan fingerprint density at radius 2 is 2.28 bits per heavy atom. The lowest BCUT2D eigenvalue weighted by atomic mass is 10.0. The standard InChI is InChI=1S/C14H16ClN3/c1-9-4-5-10(7-11(9)15)14-12(8-16)17-18-6-2-3-13(14)18/h4-5,7H,2-3,6,8,16H2,1H3. The zero-order chi connectivity index (χ0) is 12.7. The molecular formula is C14H16ClN3. The number of nitrogens with zero attached hydrogens (tertiary/aromatic N) is 2. The van der Waals surface area contributed by atoms with Crippen molar-refractivity contribution in [3.05, 3.63) is 40.2 Å². The lowest BCUT2D eigenvalue weighted by Crippen LogP contribution is -2.01. The number of hydrogen-bond acceptors (Lipinski definition) is 2. The highest BCUT2D eigenvalue weighted by atomic mass is 35.5. The van der Waals surface area contributed by atoms with Crippen molar-refractivity contribution in [3.63, 3.8) is 0 Å². The van der Waals surface area contributed by atoms with Crippen LogP contribution >= 0.6 is 11.6 Å². The molecule has 1 aromatic heterocycles. The largest absolute Gasteiger partial charge is 0.325 e. The predicted octanol–water partition coefficient (Wildman–Crippen LogP) is 2.92. The second kappa shape index (κ2) is 4.41. The minimum atomic E-state index is 0.473. The summed E-state index contributed by atoms with van der Waals surface area (Å²) >= 11 is 6.22. The third kappa shape index (κ3) is 1.74. The summed E-state index contributed by atoms with van der Waals surface area (Å²) in [5.74, 6) is 0. The van der Waals surface area contributed by atoms with Crippen LogP contribution in [0.5, 0.6) is 0 Å². The van der Waals surface area contributed by atoms with Crippen LogP contribution < -0.4 is 5.73 Å². The van der Waals surface area contributed by atoms with E-state index in [0.717, 1.165) is 34.8 Å². The van der Waals surface area contributed by atoms with Crippen molar-refractivity contribution in [3.8, 4) is 11.1 Å². The first-order valence-electron chi connectivity index (χ1n) is 6.26. The number of aryl methyl sites for hydroxylation is 2. The first-order chi connectivity index (χ1) is 8.70. The molecule has 0 saturated heterocycles. The molecule has 0 aliphatic carbocycles. The molecule has 0 spiro atoms. The number of nitrogens with two attached hydrogens (primary N) is 1. The molecule has 0 amide bonds. The molecule has 18 heavy (non-hydrogen) atoms. The van der Waals surface area contributed by atoms with Crippen LogP contribution in [-0.4, -0.2) is 9.78 Å². The van der Waals surface area contributed by atoms with Gasteiger partial charge in [0.25, 0.3) is 0 Å². The number of aromatic nitrogens is 2. The first-order valence-corrected chi connectivity index (χ1v) is 6.63. The minimum absolute atomic E-state index is 0.473. The molecule has 2 aromatic rings. The van der Waals surface area contributed by atoms with Gasteiger partial charge in [-0.3, -0.25) is 4.68 Å². The summed E-state index contributed by atoms with van der Waals surface area (Å²) in [7, 11) is 0. The Morgan fingerprint density at radius 3 is 3.00 bits per heavy atom. The van der Waals surface area contributed by atoms with Crippen LogP contribution in [0.15, 0.2) is 18.2 Å². The van der Waals surface area contributed by atoms with Gasteiger partial charge in [0.15, 0.2) is 0 Å². The normalized spacial score (nSPS) is 13.9.